The van der Waals surface area contributed by atoms with Crippen molar-refractivity contribution in [1.82, 2.24) is 4.31 Å². The number of sulfonamides is 2. The molecule has 0 aliphatic heterocycles. The van der Waals surface area contributed by atoms with Gasteiger partial charge in [-0.25, -0.2) is 22.0 Å². The SMILES string of the molecule is CCCCN(C1CC1)S(=O)(=O)c1ccccc1S(N)(=O)=O. The van der Waals surface area contributed by atoms with E-state index >= 15 is 0 Å². The molecule has 0 spiro atoms. The lowest BCUT2D eigenvalue weighted by molar-refractivity contribution is 0.394. The number of primary sulfonamides is 1. The fourth-order valence-corrected chi connectivity index (χ4v) is 5.28. The molecule has 1 aliphatic rings. The second-order valence-corrected chi connectivity index (χ2v) is 8.58. The minimum atomic E-state index is -4.08. The highest BCUT2D eigenvalue weighted by molar-refractivity contribution is 7.92. The van der Waals surface area contributed by atoms with Gasteiger partial charge < -0.3 is 0 Å². The molecule has 2 N–H and O–H groups in total. The summed E-state index contributed by atoms with van der Waals surface area (Å²) in [6.45, 7) is 2.39. The summed E-state index contributed by atoms with van der Waals surface area (Å²) >= 11 is 0. The Balaban J connectivity index is 2.48. The zero-order valence-corrected chi connectivity index (χ0v) is 13.5. The molecule has 1 saturated carbocycles. The Hall–Kier alpha value is -0.960. The smallest absolute Gasteiger partial charge is 0.225 e. The molecule has 0 atom stereocenters. The van der Waals surface area contributed by atoms with Crippen LogP contribution in [0.15, 0.2) is 34.1 Å². The van der Waals surface area contributed by atoms with Crippen LogP contribution in [-0.2, 0) is 20.0 Å². The third-order valence-electron chi connectivity index (χ3n) is 3.43. The number of hydrogen-bond donors (Lipinski definition) is 1. The molecule has 6 nitrogen and oxygen atoms in total. The van der Waals surface area contributed by atoms with E-state index in [4.69, 9.17) is 5.14 Å². The van der Waals surface area contributed by atoms with Gasteiger partial charge in [0.1, 0.15) is 9.79 Å². The third kappa shape index (κ3) is 3.63. The summed E-state index contributed by atoms with van der Waals surface area (Å²) in [5.74, 6) is 0. The number of unbranched alkanes of at least 4 members (excludes halogenated alkanes) is 1. The summed E-state index contributed by atoms with van der Waals surface area (Å²) in [7, 11) is -7.93. The van der Waals surface area contributed by atoms with Gasteiger partial charge in [-0.3, -0.25) is 0 Å². The monoisotopic (exact) mass is 332 g/mol. The van der Waals surface area contributed by atoms with Crippen molar-refractivity contribution in [3.05, 3.63) is 24.3 Å². The van der Waals surface area contributed by atoms with Gasteiger partial charge >= 0.3 is 0 Å². The molecule has 21 heavy (non-hydrogen) atoms. The summed E-state index contributed by atoms with van der Waals surface area (Å²) in [6.07, 6.45) is 3.25. The molecule has 8 heteroatoms. The lowest BCUT2D eigenvalue weighted by Crippen LogP contribution is -2.35. The number of nitrogens with zero attached hydrogens (tertiary/aromatic N) is 1. The molecule has 0 saturated heterocycles. The molecular weight excluding hydrogens is 312 g/mol. The Bertz CT molecular complexity index is 709. The third-order valence-corrected chi connectivity index (χ3v) is 6.54. The molecule has 1 fully saturated rings. The Morgan fingerprint density at radius 3 is 2.19 bits per heavy atom. The molecule has 0 bridgehead atoms. The van der Waals surface area contributed by atoms with Crippen LogP contribution < -0.4 is 5.14 Å². The topological polar surface area (TPSA) is 97.5 Å². The maximum absolute atomic E-state index is 12.8. The van der Waals surface area contributed by atoms with Crippen molar-refractivity contribution in [2.45, 2.75) is 48.4 Å². The maximum atomic E-state index is 12.8. The van der Waals surface area contributed by atoms with Crippen molar-refractivity contribution in [2.75, 3.05) is 6.54 Å². The minimum Gasteiger partial charge on any atom is -0.225 e. The average Bonchev–Trinajstić information content (AvgIpc) is 3.22. The molecule has 0 aromatic heterocycles. The van der Waals surface area contributed by atoms with E-state index in [-0.39, 0.29) is 15.8 Å². The van der Waals surface area contributed by atoms with E-state index in [0.717, 1.165) is 25.7 Å². The van der Waals surface area contributed by atoms with Crippen molar-refractivity contribution in [3.63, 3.8) is 0 Å². The van der Waals surface area contributed by atoms with Crippen molar-refractivity contribution < 1.29 is 16.8 Å². The highest BCUT2D eigenvalue weighted by Crippen LogP contribution is 2.34. The molecule has 118 valence electrons. The van der Waals surface area contributed by atoms with E-state index < -0.39 is 20.0 Å². The van der Waals surface area contributed by atoms with Crippen LogP contribution in [0.3, 0.4) is 0 Å². The van der Waals surface area contributed by atoms with Crippen LogP contribution in [0.5, 0.6) is 0 Å². The van der Waals surface area contributed by atoms with Crippen molar-refractivity contribution >= 4 is 20.0 Å². The Morgan fingerprint density at radius 1 is 1.14 bits per heavy atom. The van der Waals surface area contributed by atoms with Gasteiger partial charge in [0.25, 0.3) is 0 Å². The van der Waals surface area contributed by atoms with Crippen LogP contribution in [0.25, 0.3) is 0 Å². The van der Waals surface area contributed by atoms with Crippen molar-refractivity contribution in [2.24, 2.45) is 5.14 Å². The van der Waals surface area contributed by atoms with Gasteiger partial charge in [0, 0.05) is 12.6 Å². The second-order valence-electron chi connectivity index (χ2n) is 5.19. The molecule has 0 unspecified atom stereocenters. The predicted molar refractivity (Wildman–Crippen MR) is 79.6 cm³/mol. The number of benzene rings is 1. The fraction of sp³-hybridized carbons (Fsp3) is 0.538. The number of hydrogen-bond acceptors (Lipinski definition) is 4. The van der Waals surface area contributed by atoms with Crippen LogP contribution in [0.2, 0.25) is 0 Å². The highest BCUT2D eigenvalue weighted by Gasteiger charge is 2.39. The molecule has 2 rings (SSSR count). The average molecular weight is 332 g/mol. The lowest BCUT2D eigenvalue weighted by atomic mass is 10.3. The first-order valence-electron chi connectivity index (χ1n) is 6.92. The van der Waals surface area contributed by atoms with Gasteiger partial charge in [-0.2, -0.15) is 4.31 Å². The summed E-state index contributed by atoms with van der Waals surface area (Å²) in [4.78, 5) is -0.567. The van der Waals surface area contributed by atoms with Crippen LogP contribution in [-0.4, -0.2) is 33.7 Å². The molecular formula is C13H20N2O4S2. The first-order valence-corrected chi connectivity index (χ1v) is 9.90. The summed E-state index contributed by atoms with van der Waals surface area (Å²) in [5.41, 5.74) is 0. The highest BCUT2D eigenvalue weighted by atomic mass is 32.2. The lowest BCUT2D eigenvalue weighted by Gasteiger charge is -2.22. The zero-order valence-electron chi connectivity index (χ0n) is 11.9. The fourth-order valence-electron chi connectivity index (χ4n) is 2.20. The summed E-state index contributed by atoms with van der Waals surface area (Å²) in [6, 6.07) is 5.48. The Morgan fingerprint density at radius 2 is 1.71 bits per heavy atom. The molecule has 0 heterocycles. The molecule has 0 radical (unpaired) electrons. The van der Waals surface area contributed by atoms with Gasteiger partial charge in [-0.1, -0.05) is 25.5 Å². The Kier molecular flexibility index (Phi) is 4.72. The molecule has 1 aliphatic carbocycles. The normalized spacial score (nSPS) is 16.3. The van der Waals surface area contributed by atoms with Crippen LogP contribution in [0.4, 0.5) is 0 Å². The van der Waals surface area contributed by atoms with Crippen molar-refractivity contribution in [1.29, 1.82) is 0 Å². The molecule has 1 aromatic carbocycles. The minimum absolute atomic E-state index is 0.0184. The van der Waals surface area contributed by atoms with E-state index in [1.54, 1.807) is 0 Å². The van der Waals surface area contributed by atoms with Gasteiger partial charge in [0.05, 0.1) is 0 Å². The van der Waals surface area contributed by atoms with Gasteiger partial charge in [0.15, 0.2) is 0 Å². The first kappa shape index (κ1) is 16.4. The van der Waals surface area contributed by atoms with Gasteiger partial charge in [-0.15, -0.1) is 0 Å². The number of nitrogens with two attached hydrogens (primary N) is 1. The standard InChI is InChI=1S/C13H20N2O4S2/c1-2-3-10-15(11-8-9-11)21(18,19)13-7-5-4-6-12(13)20(14,16)17/h4-7,11H,2-3,8-10H2,1H3,(H2,14,16,17). The maximum Gasteiger partial charge on any atom is 0.244 e. The zero-order chi connectivity index (χ0) is 15.7. The van der Waals surface area contributed by atoms with Crippen LogP contribution in [0, 0.1) is 0 Å². The van der Waals surface area contributed by atoms with E-state index in [1.165, 1.54) is 28.6 Å². The van der Waals surface area contributed by atoms with Crippen LogP contribution >= 0.6 is 0 Å². The van der Waals surface area contributed by atoms with Crippen LogP contribution in [0.1, 0.15) is 32.6 Å². The summed E-state index contributed by atoms with van der Waals surface area (Å²) in [5, 5.41) is 5.14. The Labute approximate surface area is 126 Å². The van der Waals surface area contributed by atoms with Crippen molar-refractivity contribution in [3.8, 4) is 0 Å². The summed E-state index contributed by atoms with van der Waals surface area (Å²) < 4.78 is 50.2. The predicted octanol–water partition coefficient (Wildman–Crippen LogP) is 1.29. The van der Waals surface area contributed by atoms with Gasteiger partial charge in [0.2, 0.25) is 20.0 Å². The molecule has 0 amide bonds. The van der Waals surface area contributed by atoms with Gasteiger partial charge in [-0.05, 0) is 31.4 Å². The number of rotatable bonds is 7. The first-order chi connectivity index (χ1) is 9.78. The largest absolute Gasteiger partial charge is 0.244 e. The van der Waals surface area contributed by atoms with E-state index in [1.807, 2.05) is 6.92 Å². The van der Waals surface area contributed by atoms with E-state index in [0.29, 0.717) is 6.54 Å². The molecule has 1 aromatic rings. The van der Waals surface area contributed by atoms with E-state index in [2.05, 4.69) is 0 Å². The van der Waals surface area contributed by atoms with E-state index in [9.17, 15) is 16.8 Å². The second kappa shape index (κ2) is 6.04. The quantitative estimate of drug-likeness (QED) is 0.813.